The Morgan fingerprint density at radius 1 is 0.526 bits per heavy atom. The van der Waals surface area contributed by atoms with E-state index in [1.54, 1.807) is 79.7 Å². The average Bonchev–Trinajstić information content (AvgIpc) is 0.808. The van der Waals surface area contributed by atoms with Gasteiger partial charge in [-0.15, -0.1) is 0 Å². The highest BCUT2D eigenvalue weighted by Gasteiger charge is 2.46. The summed E-state index contributed by atoms with van der Waals surface area (Å²) >= 11 is 0. The summed E-state index contributed by atoms with van der Waals surface area (Å²) in [4.78, 5) is 173. The molecule has 0 unspecified atom stereocenters. The maximum absolute atomic E-state index is 15.3. The zero-order chi connectivity index (χ0) is 74.0. The minimum absolute atomic E-state index is 0.0149. The number of aliphatic hydroxyl groups excluding tert-OH is 1. The molecule has 27 nitrogen and oxygen atoms in total. The Morgan fingerprint density at radius 2 is 1.02 bits per heavy atom. The van der Waals surface area contributed by atoms with Crippen molar-refractivity contribution in [2.75, 3.05) is 109 Å². The average molecular weight is 1370 g/mol. The molecule has 2 fully saturated rings. The molecular formula is C70H124N12O15. The van der Waals surface area contributed by atoms with Gasteiger partial charge < -0.3 is 74.9 Å². The lowest BCUT2D eigenvalue weighted by atomic mass is 9.91. The third kappa shape index (κ3) is 25.9. The van der Waals surface area contributed by atoms with Gasteiger partial charge in [0.1, 0.15) is 60.4 Å². The lowest BCUT2D eigenvalue weighted by Gasteiger charge is -2.41. The van der Waals surface area contributed by atoms with E-state index in [2.05, 4.69) is 26.2 Å². The van der Waals surface area contributed by atoms with Crippen LogP contribution in [0.4, 0.5) is 0 Å². The molecule has 0 aliphatic carbocycles. The molecule has 2 heterocycles. The second kappa shape index (κ2) is 41.8. The van der Waals surface area contributed by atoms with Crippen LogP contribution in [0.25, 0.3) is 0 Å². The molecule has 5 N–H and O–H groups in total. The second-order valence-electron chi connectivity index (χ2n) is 28.4. The highest BCUT2D eigenvalue weighted by atomic mass is 16.5. The summed E-state index contributed by atoms with van der Waals surface area (Å²) in [7, 11) is 9.80. The number of likely N-dealkylation sites (N-methyl/N-ethyl adjacent to an activating group) is 7. The fraction of sp³-hybridized carbons (Fsp3) is 0.786. The van der Waals surface area contributed by atoms with E-state index in [0.29, 0.717) is 26.2 Å². The molecular weight excluding hydrogens is 1250 g/mol. The zero-order valence-corrected chi connectivity index (χ0v) is 62.8. The van der Waals surface area contributed by atoms with E-state index in [-0.39, 0.29) is 56.7 Å². The summed E-state index contributed by atoms with van der Waals surface area (Å²) in [5.74, 6) is -10.2. The number of aliphatic hydroxyl groups is 1. The van der Waals surface area contributed by atoms with Gasteiger partial charge in [-0.3, -0.25) is 57.6 Å². The van der Waals surface area contributed by atoms with Crippen molar-refractivity contribution in [1.82, 2.24) is 60.5 Å². The van der Waals surface area contributed by atoms with Gasteiger partial charge in [-0.05, 0) is 95.3 Å². The lowest BCUT2D eigenvalue weighted by molar-refractivity contribution is -0.157. The van der Waals surface area contributed by atoms with Gasteiger partial charge in [-0.25, -0.2) is 0 Å². The van der Waals surface area contributed by atoms with Crippen LogP contribution in [0.1, 0.15) is 143 Å². The van der Waals surface area contributed by atoms with Crippen LogP contribution in [-0.4, -0.2) is 290 Å². The van der Waals surface area contributed by atoms with Crippen molar-refractivity contribution in [3.05, 3.63) is 24.3 Å². The molecule has 0 bridgehead atoms. The fourth-order valence-corrected chi connectivity index (χ4v) is 12.1. The van der Waals surface area contributed by atoms with Gasteiger partial charge in [0.05, 0.1) is 51.8 Å². The lowest BCUT2D eigenvalue weighted by Crippen LogP contribution is -2.63. The summed E-state index contributed by atoms with van der Waals surface area (Å²) in [6.45, 7) is 31.5. The predicted molar refractivity (Wildman–Crippen MR) is 372 cm³/mol. The van der Waals surface area contributed by atoms with Crippen LogP contribution in [-0.2, 0) is 67.0 Å². The first-order valence-corrected chi connectivity index (χ1v) is 34.8. The summed E-state index contributed by atoms with van der Waals surface area (Å²) in [5, 5.41) is 23.2. The number of nitrogens with one attached hydrogen (secondary N) is 4. The topological polar surface area (TPSA) is 310 Å². The minimum Gasteiger partial charge on any atom is -0.390 e. The normalized spacial score (nSPS) is 26.6. The van der Waals surface area contributed by atoms with Gasteiger partial charge in [-0.2, -0.15) is 0 Å². The minimum atomic E-state index is -1.64. The van der Waals surface area contributed by atoms with Crippen LogP contribution in [0.5, 0.6) is 0 Å². The summed E-state index contributed by atoms with van der Waals surface area (Å²) in [6.07, 6.45) is 5.15. The SMILES string of the molecule is CC=CC[C@@H](C)[C@@H](O)[C@H]1C(=O)N[C@@H](CC)C(=O)N(C)CC(=O)N(C)[C@@H]([C@@H](C)OCC=CCOCCN2CCOCC2)C(=O)N[C@@H](C(C)C)C(=O)N(C)[C@@H](CC(C)C)C(=O)N[C@@H](C)C(=O)N[C@H](C)C(=O)N(C)[C@@H](CC(C)C)C(=O)N(C)[C@@H](CC(C)C)C(=O)N(C)[C@@H](C(C)C)C(=O)N1C. The highest BCUT2D eigenvalue weighted by molar-refractivity contribution is 5.99. The van der Waals surface area contributed by atoms with E-state index in [0.717, 1.165) is 34.3 Å². The number of carbonyl (C=O) groups is 11. The molecule has 13 atom stereocenters. The van der Waals surface area contributed by atoms with Crippen molar-refractivity contribution in [3.8, 4) is 0 Å². The van der Waals surface area contributed by atoms with E-state index >= 15 is 14.4 Å². The molecule has 2 aliphatic rings. The van der Waals surface area contributed by atoms with Crippen LogP contribution in [0.2, 0.25) is 0 Å². The molecule has 2 aliphatic heterocycles. The van der Waals surface area contributed by atoms with E-state index in [4.69, 9.17) is 14.2 Å². The number of carbonyl (C=O) groups excluding carboxylic acids is 11. The predicted octanol–water partition coefficient (Wildman–Crippen LogP) is 2.53. The van der Waals surface area contributed by atoms with Gasteiger partial charge in [0, 0.05) is 69.0 Å². The fourth-order valence-electron chi connectivity index (χ4n) is 12.1. The number of rotatable bonds is 22. The molecule has 2 saturated heterocycles. The molecule has 0 radical (unpaired) electrons. The Labute approximate surface area is 579 Å². The first-order chi connectivity index (χ1) is 45.3. The van der Waals surface area contributed by atoms with Crippen molar-refractivity contribution < 1.29 is 72.1 Å². The largest absolute Gasteiger partial charge is 0.390 e. The first kappa shape index (κ1) is 86.5. The number of allylic oxidation sites excluding steroid dienone is 2. The molecule has 554 valence electrons. The molecule has 27 heteroatoms. The van der Waals surface area contributed by atoms with Crippen LogP contribution in [0.3, 0.4) is 0 Å². The number of amides is 11. The zero-order valence-electron chi connectivity index (χ0n) is 62.8. The quantitative estimate of drug-likeness (QED) is 0.0768. The number of hydrogen-bond donors (Lipinski definition) is 5. The van der Waals surface area contributed by atoms with E-state index in [9.17, 15) is 43.5 Å². The maximum atomic E-state index is 15.3. The molecule has 0 saturated carbocycles. The highest BCUT2D eigenvalue weighted by Crippen LogP contribution is 2.26. The maximum Gasteiger partial charge on any atom is 0.246 e. The molecule has 0 aromatic heterocycles. The second-order valence-corrected chi connectivity index (χ2v) is 28.4. The Morgan fingerprint density at radius 3 is 1.55 bits per heavy atom. The smallest absolute Gasteiger partial charge is 0.246 e. The van der Waals surface area contributed by atoms with Crippen LogP contribution in [0, 0.1) is 35.5 Å². The van der Waals surface area contributed by atoms with E-state index in [1.807, 2.05) is 41.5 Å². The van der Waals surface area contributed by atoms with Crippen molar-refractivity contribution in [1.29, 1.82) is 0 Å². The van der Waals surface area contributed by atoms with Crippen LogP contribution in [0.15, 0.2) is 24.3 Å². The molecule has 97 heavy (non-hydrogen) atoms. The number of ether oxygens (including phenoxy) is 3. The third-order valence-electron chi connectivity index (χ3n) is 18.2. The summed E-state index contributed by atoms with van der Waals surface area (Å²) < 4.78 is 17.5. The molecule has 0 spiro atoms. The first-order valence-electron chi connectivity index (χ1n) is 34.8. The van der Waals surface area contributed by atoms with Crippen molar-refractivity contribution >= 4 is 65.0 Å². The Hall–Kier alpha value is -6.55. The van der Waals surface area contributed by atoms with Gasteiger partial charge in [-0.1, -0.05) is 107 Å². The standard InChI is InChI=1S/C70H124N12O15/c1-24-26-29-47(13)60(84)59-64(88)73-51(25-2)66(90)75(17)41-55(83)79(21)58(50(16)97-34-28-27-33-95-35-30-82-31-36-96-37-32-82)63(87)74-56(45(9)10)69(93)76(18)52(38-42(3)4)62(86)71-48(14)61(85)72-49(15)65(89)77(19)53(39-43(5)6)67(91)78(20)54(40-44(7)8)68(92)80(22)57(46(11)12)70(94)81(59)23/h24,26-28,42-54,56-60,84H,25,29-41H2,1-23H3,(H,71,86)(H,72,85)(H,73,88)(H,74,87)/t47-,48+,49-,50-,51+,52+,53+,54+,56+,57+,58+,59+,60-/m1/s1. The van der Waals surface area contributed by atoms with E-state index in [1.165, 1.54) is 82.8 Å². The van der Waals surface area contributed by atoms with Gasteiger partial charge in [0.25, 0.3) is 0 Å². The Balaban J connectivity index is 2.94. The molecule has 0 aromatic carbocycles. The van der Waals surface area contributed by atoms with Gasteiger partial charge in [0.15, 0.2) is 0 Å². The van der Waals surface area contributed by atoms with Crippen LogP contribution >= 0.6 is 0 Å². The van der Waals surface area contributed by atoms with Gasteiger partial charge in [0.2, 0.25) is 65.0 Å². The van der Waals surface area contributed by atoms with E-state index < -0.39 is 162 Å². The van der Waals surface area contributed by atoms with Crippen molar-refractivity contribution in [2.24, 2.45) is 35.5 Å². The molecule has 0 aromatic rings. The third-order valence-corrected chi connectivity index (χ3v) is 18.2. The van der Waals surface area contributed by atoms with Crippen molar-refractivity contribution in [2.45, 2.75) is 216 Å². The molecule has 2 rings (SSSR count). The summed E-state index contributed by atoms with van der Waals surface area (Å²) in [5.41, 5.74) is 0. The number of morpholine rings is 1. The molecule has 11 amide bonds. The number of hydrogen-bond acceptors (Lipinski definition) is 16. The Kier molecular flexibility index (Phi) is 37.3. The van der Waals surface area contributed by atoms with Crippen LogP contribution < -0.4 is 21.3 Å². The monoisotopic (exact) mass is 1370 g/mol. The summed E-state index contributed by atoms with van der Waals surface area (Å²) in [6, 6.07) is -13.0. The van der Waals surface area contributed by atoms with Gasteiger partial charge >= 0.3 is 0 Å². The van der Waals surface area contributed by atoms with Crippen molar-refractivity contribution in [3.63, 3.8) is 0 Å². The number of nitrogens with zero attached hydrogens (tertiary/aromatic N) is 8. The Bertz CT molecular complexity index is 2650.